The summed E-state index contributed by atoms with van der Waals surface area (Å²) < 4.78 is 0. The summed E-state index contributed by atoms with van der Waals surface area (Å²) in [5.74, 6) is -2.02. The van der Waals surface area contributed by atoms with Gasteiger partial charge in [-0.3, -0.25) is 19.7 Å². The quantitative estimate of drug-likeness (QED) is 0.755. The van der Waals surface area contributed by atoms with E-state index in [0.717, 1.165) is 4.90 Å². The van der Waals surface area contributed by atoms with Crippen molar-refractivity contribution < 1.29 is 19.5 Å². The van der Waals surface area contributed by atoms with E-state index in [4.69, 9.17) is 11.6 Å². The zero-order valence-electron chi connectivity index (χ0n) is 10.9. The molecule has 3 amide bonds. The molecule has 0 bridgehead atoms. The van der Waals surface area contributed by atoms with Crippen LogP contribution in [-0.2, 0) is 9.59 Å². The van der Waals surface area contributed by atoms with Gasteiger partial charge in [-0.05, 0) is 32.0 Å². The van der Waals surface area contributed by atoms with E-state index in [0.29, 0.717) is 0 Å². The molecule has 1 aliphatic heterocycles. The molecule has 1 aromatic carbocycles. The number of aromatic hydroxyl groups is 1. The highest BCUT2D eigenvalue weighted by molar-refractivity contribution is 6.30. The number of hydrogen-bond donors (Lipinski definition) is 2. The van der Waals surface area contributed by atoms with Crippen molar-refractivity contribution in [3.05, 3.63) is 28.8 Å². The Hall–Kier alpha value is -2.08. The van der Waals surface area contributed by atoms with E-state index in [-0.39, 0.29) is 22.9 Å². The fourth-order valence-electron chi connectivity index (χ4n) is 1.94. The summed E-state index contributed by atoms with van der Waals surface area (Å²) in [5, 5.41) is 12.2. The maximum absolute atomic E-state index is 12.4. The Kier molecular flexibility index (Phi) is 3.43. The molecule has 20 heavy (non-hydrogen) atoms. The standard InChI is InChI=1S/C13H13ClN2O4/c1-13(2)12(20)15-10(18)6-16(13)11(19)8-4-3-7(14)5-9(8)17/h3-5,17H,6H2,1-2H3,(H,15,18,20). The van der Waals surface area contributed by atoms with Crippen LogP contribution in [0.15, 0.2) is 18.2 Å². The van der Waals surface area contributed by atoms with E-state index in [1.54, 1.807) is 0 Å². The zero-order chi connectivity index (χ0) is 15.1. The molecule has 0 spiro atoms. The summed E-state index contributed by atoms with van der Waals surface area (Å²) in [4.78, 5) is 36.8. The van der Waals surface area contributed by atoms with Crippen molar-refractivity contribution in [3.63, 3.8) is 0 Å². The van der Waals surface area contributed by atoms with E-state index in [9.17, 15) is 19.5 Å². The van der Waals surface area contributed by atoms with Crippen LogP contribution in [0, 0.1) is 0 Å². The third kappa shape index (κ3) is 2.34. The number of hydrogen-bond acceptors (Lipinski definition) is 4. The number of amides is 3. The van der Waals surface area contributed by atoms with Gasteiger partial charge in [-0.2, -0.15) is 0 Å². The molecule has 0 saturated carbocycles. The minimum absolute atomic E-state index is 0.00928. The molecule has 0 unspecified atom stereocenters. The molecule has 7 heteroatoms. The highest BCUT2D eigenvalue weighted by Crippen LogP contribution is 2.27. The number of nitrogens with zero attached hydrogens (tertiary/aromatic N) is 1. The minimum Gasteiger partial charge on any atom is -0.507 e. The molecule has 6 nitrogen and oxygen atoms in total. The van der Waals surface area contributed by atoms with E-state index in [1.807, 2.05) is 0 Å². The van der Waals surface area contributed by atoms with Crippen LogP contribution < -0.4 is 5.32 Å². The minimum atomic E-state index is -1.18. The Morgan fingerprint density at radius 3 is 2.65 bits per heavy atom. The monoisotopic (exact) mass is 296 g/mol. The van der Waals surface area contributed by atoms with Crippen molar-refractivity contribution in [1.29, 1.82) is 0 Å². The second-order valence-electron chi connectivity index (χ2n) is 4.99. The number of halogens is 1. The molecule has 1 heterocycles. The van der Waals surface area contributed by atoms with E-state index in [1.165, 1.54) is 32.0 Å². The van der Waals surface area contributed by atoms with Crippen molar-refractivity contribution in [1.82, 2.24) is 10.2 Å². The Morgan fingerprint density at radius 2 is 2.05 bits per heavy atom. The molecular formula is C13H13ClN2O4. The fraction of sp³-hybridized carbons (Fsp3) is 0.308. The first-order valence-corrected chi connectivity index (χ1v) is 6.26. The normalized spacial score (nSPS) is 17.9. The predicted octanol–water partition coefficient (Wildman–Crippen LogP) is 0.923. The number of rotatable bonds is 1. The highest BCUT2D eigenvalue weighted by Gasteiger charge is 2.44. The van der Waals surface area contributed by atoms with Gasteiger partial charge >= 0.3 is 0 Å². The van der Waals surface area contributed by atoms with Crippen LogP contribution >= 0.6 is 11.6 Å². The summed E-state index contributed by atoms with van der Waals surface area (Å²) in [5.41, 5.74) is -1.19. The van der Waals surface area contributed by atoms with Gasteiger partial charge < -0.3 is 10.0 Å². The van der Waals surface area contributed by atoms with Gasteiger partial charge in [-0.15, -0.1) is 0 Å². The SMILES string of the molecule is CC1(C)C(=O)NC(=O)CN1C(=O)c1ccc(Cl)cc1O. The average Bonchev–Trinajstić information content (AvgIpc) is 2.33. The maximum atomic E-state index is 12.4. The van der Waals surface area contributed by atoms with Crippen molar-refractivity contribution in [2.45, 2.75) is 19.4 Å². The molecule has 1 fully saturated rings. The largest absolute Gasteiger partial charge is 0.507 e. The van der Waals surface area contributed by atoms with Crippen LogP contribution in [0.3, 0.4) is 0 Å². The van der Waals surface area contributed by atoms with Gasteiger partial charge in [-0.1, -0.05) is 11.6 Å². The van der Waals surface area contributed by atoms with Crippen LogP contribution in [0.2, 0.25) is 5.02 Å². The van der Waals surface area contributed by atoms with Crippen molar-refractivity contribution in [2.24, 2.45) is 0 Å². The number of phenolic OH excluding ortho intramolecular Hbond substituents is 1. The molecule has 2 N–H and O–H groups in total. The van der Waals surface area contributed by atoms with E-state index < -0.39 is 23.3 Å². The number of piperazine rings is 1. The second-order valence-corrected chi connectivity index (χ2v) is 5.43. The highest BCUT2D eigenvalue weighted by atomic mass is 35.5. The molecule has 1 saturated heterocycles. The summed E-state index contributed by atoms with van der Waals surface area (Å²) >= 11 is 5.71. The fourth-order valence-corrected chi connectivity index (χ4v) is 2.11. The third-order valence-corrected chi connectivity index (χ3v) is 3.46. The molecule has 0 aromatic heterocycles. The third-order valence-electron chi connectivity index (χ3n) is 3.22. The summed E-state index contributed by atoms with van der Waals surface area (Å²) in [6.07, 6.45) is 0. The van der Waals surface area contributed by atoms with Gasteiger partial charge in [0, 0.05) is 5.02 Å². The van der Waals surface area contributed by atoms with Crippen LogP contribution in [0.25, 0.3) is 0 Å². The zero-order valence-corrected chi connectivity index (χ0v) is 11.7. The molecule has 1 aliphatic rings. The van der Waals surface area contributed by atoms with Crippen LogP contribution in [0.1, 0.15) is 24.2 Å². The number of benzene rings is 1. The Bertz CT molecular complexity index is 612. The number of imide groups is 1. The smallest absolute Gasteiger partial charge is 0.258 e. The lowest BCUT2D eigenvalue weighted by Gasteiger charge is -2.40. The lowest BCUT2D eigenvalue weighted by Crippen LogP contribution is -2.65. The molecule has 106 valence electrons. The summed E-state index contributed by atoms with van der Waals surface area (Å²) in [6, 6.07) is 4.04. The van der Waals surface area contributed by atoms with E-state index in [2.05, 4.69) is 5.32 Å². The number of carbonyl (C=O) groups is 3. The van der Waals surface area contributed by atoms with Crippen LogP contribution in [0.5, 0.6) is 5.75 Å². The van der Waals surface area contributed by atoms with Gasteiger partial charge in [0.1, 0.15) is 17.8 Å². The predicted molar refractivity (Wildman–Crippen MR) is 71.4 cm³/mol. The van der Waals surface area contributed by atoms with Crippen molar-refractivity contribution >= 4 is 29.3 Å². The van der Waals surface area contributed by atoms with E-state index >= 15 is 0 Å². The summed E-state index contributed by atoms with van der Waals surface area (Å²) in [7, 11) is 0. The molecule has 0 atom stereocenters. The molecule has 1 aromatic rings. The molecule has 2 rings (SSSR count). The Labute approximate surface area is 120 Å². The van der Waals surface area contributed by atoms with Crippen molar-refractivity contribution in [3.8, 4) is 5.75 Å². The number of nitrogens with one attached hydrogen (secondary N) is 1. The molecular weight excluding hydrogens is 284 g/mol. The average molecular weight is 297 g/mol. The molecule has 0 radical (unpaired) electrons. The number of carbonyl (C=O) groups excluding carboxylic acids is 3. The first-order chi connectivity index (χ1) is 9.23. The first kappa shape index (κ1) is 14.3. The lowest BCUT2D eigenvalue weighted by molar-refractivity contribution is -0.143. The van der Waals surface area contributed by atoms with Crippen LogP contribution in [-0.4, -0.2) is 39.8 Å². The first-order valence-electron chi connectivity index (χ1n) is 5.88. The lowest BCUT2D eigenvalue weighted by atomic mass is 9.97. The number of phenols is 1. The van der Waals surface area contributed by atoms with Gasteiger partial charge in [0.15, 0.2) is 0 Å². The summed E-state index contributed by atoms with van der Waals surface area (Å²) in [6.45, 7) is 2.80. The maximum Gasteiger partial charge on any atom is 0.258 e. The second kappa shape index (κ2) is 4.79. The Balaban J connectivity index is 2.40. The van der Waals surface area contributed by atoms with Gasteiger partial charge in [-0.25, -0.2) is 0 Å². The van der Waals surface area contributed by atoms with Gasteiger partial charge in [0.25, 0.3) is 11.8 Å². The molecule has 0 aliphatic carbocycles. The Morgan fingerprint density at radius 1 is 1.40 bits per heavy atom. The van der Waals surface area contributed by atoms with Gasteiger partial charge in [0.2, 0.25) is 5.91 Å². The van der Waals surface area contributed by atoms with Crippen molar-refractivity contribution in [2.75, 3.05) is 6.54 Å². The topological polar surface area (TPSA) is 86.7 Å². The van der Waals surface area contributed by atoms with Crippen LogP contribution in [0.4, 0.5) is 0 Å². The van der Waals surface area contributed by atoms with Gasteiger partial charge in [0.05, 0.1) is 5.56 Å².